The van der Waals surface area contributed by atoms with Crippen LogP contribution in [0.3, 0.4) is 0 Å². The zero-order valence-corrected chi connectivity index (χ0v) is 15.9. The molecule has 1 aliphatic heterocycles. The van der Waals surface area contributed by atoms with Gasteiger partial charge in [-0.15, -0.1) is 12.4 Å². The second kappa shape index (κ2) is 9.19. The smallest absolute Gasteiger partial charge is 0.270 e. The lowest BCUT2D eigenvalue weighted by Gasteiger charge is -2.37. The number of rotatable bonds is 5. The SMILES string of the molecule is COc1ccccc1C1CNCCN1Cc1ccc([N+](=O)[O-])cc1Cl.Cl. The highest BCUT2D eigenvalue weighted by atomic mass is 35.5. The van der Waals surface area contributed by atoms with Gasteiger partial charge in [0.25, 0.3) is 5.69 Å². The zero-order chi connectivity index (χ0) is 17.8. The standard InChI is InChI=1S/C18H20ClN3O3.ClH/c1-25-18-5-3-2-4-15(18)17-11-20-8-9-21(17)12-13-6-7-14(22(23)24)10-16(13)19;/h2-7,10,17,20H,8-9,11-12H2,1H3;1H. The van der Waals surface area contributed by atoms with E-state index >= 15 is 0 Å². The number of halogens is 2. The molecule has 0 aromatic heterocycles. The van der Waals surface area contributed by atoms with E-state index in [0.29, 0.717) is 11.6 Å². The van der Waals surface area contributed by atoms with Crippen LogP contribution in [0.5, 0.6) is 5.75 Å². The minimum absolute atomic E-state index is 0. The van der Waals surface area contributed by atoms with Crippen molar-refractivity contribution in [3.05, 3.63) is 68.7 Å². The van der Waals surface area contributed by atoms with Gasteiger partial charge in [0.1, 0.15) is 5.75 Å². The molecule has 0 saturated carbocycles. The Hall–Kier alpha value is -1.86. The maximum atomic E-state index is 10.9. The van der Waals surface area contributed by atoms with Crippen LogP contribution in [-0.4, -0.2) is 36.6 Å². The molecule has 140 valence electrons. The number of benzene rings is 2. The van der Waals surface area contributed by atoms with Crippen molar-refractivity contribution < 1.29 is 9.66 Å². The fraction of sp³-hybridized carbons (Fsp3) is 0.333. The summed E-state index contributed by atoms with van der Waals surface area (Å²) in [5, 5.41) is 14.7. The number of piperazine rings is 1. The van der Waals surface area contributed by atoms with Crippen LogP contribution in [0.25, 0.3) is 0 Å². The molecule has 0 amide bonds. The zero-order valence-electron chi connectivity index (χ0n) is 14.4. The molecule has 1 fully saturated rings. The summed E-state index contributed by atoms with van der Waals surface area (Å²) in [6.45, 7) is 3.18. The van der Waals surface area contributed by atoms with E-state index in [1.165, 1.54) is 12.1 Å². The average Bonchev–Trinajstić information content (AvgIpc) is 2.63. The molecule has 1 N–H and O–H groups in total. The molecule has 1 unspecified atom stereocenters. The highest BCUT2D eigenvalue weighted by Crippen LogP contribution is 2.32. The van der Waals surface area contributed by atoms with E-state index in [9.17, 15) is 10.1 Å². The van der Waals surface area contributed by atoms with Gasteiger partial charge in [-0.25, -0.2) is 0 Å². The molecule has 2 aromatic carbocycles. The summed E-state index contributed by atoms with van der Waals surface area (Å²) in [5.74, 6) is 0.857. The minimum atomic E-state index is -0.432. The lowest BCUT2D eigenvalue weighted by Crippen LogP contribution is -2.45. The summed E-state index contributed by atoms with van der Waals surface area (Å²) in [7, 11) is 1.67. The molecule has 0 aliphatic carbocycles. The van der Waals surface area contributed by atoms with Gasteiger partial charge < -0.3 is 10.1 Å². The van der Waals surface area contributed by atoms with Gasteiger partial charge >= 0.3 is 0 Å². The van der Waals surface area contributed by atoms with Crippen molar-refractivity contribution in [3.63, 3.8) is 0 Å². The van der Waals surface area contributed by atoms with Crippen molar-refractivity contribution in [2.45, 2.75) is 12.6 Å². The Morgan fingerprint density at radius 1 is 1.35 bits per heavy atom. The van der Waals surface area contributed by atoms with Crippen LogP contribution >= 0.6 is 24.0 Å². The molecule has 8 heteroatoms. The van der Waals surface area contributed by atoms with Crippen LogP contribution in [0, 0.1) is 10.1 Å². The molecule has 1 heterocycles. The molecule has 3 rings (SSSR count). The molecule has 1 saturated heterocycles. The Balaban J connectivity index is 0.00000243. The summed E-state index contributed by atoms with van der Waals surface area (Å²) in [6.07, 6.45) is 0. The Morgan fingerprint density at radius 2 is 2.12 bits per heavy atom. The number of non-ortho nitro benzene ring substituents is 1. The first-order chi connectivity index (χ1) is 12.1. The number of nitro benzene ring substituents is 1. The van der Waals surface area contributed by atoms with E-state index in [2.05, 4.69) is 16.3 Å². The van der Waals surface area contributed by atoms with Crippen molar-refractivity contribution in [2.75, 3.05) is 26.7 Å². The Bertz CT molecular complexity index is 773. The topological polar surface area (TPSA) is 67.6 Å². The molecular formula is C18H21Cl2N3O3. The number of para-hydroxylation sites is 1. The third kappa shape index (κ3) is 4.45. The molecule has 26 heavy (non-hydrogen) atoms. The largest absolute Gasteiger partial charge is 0.496 e. The van der Waals surface area contributed by atoms with E-state index in [1.54, 1.807) is 13.2 Å². The number of nitrogens with zero attached hydrogens (tertiary/aromatic N) is 2. The van der Waals surface area contributed by atoms with Crippen LogP contribution in [0.4, 0.5) is 5.69 Å². The van der Waals surface area contributed by atoms with Gasteiger partial charge in [0.05, 0.1) is 23.1 Å². The third-order valence-corrected chi connectivity index (χ3v) is 4.82. The minimum Gasteiger partial charge on any atom is -0.496 e. The van der Waals surface area contributed by atoms with Gasteiger partial charge in [-0.2, -0.15) is 0 Å². The number of hydrogen-bond acceptors (Lipinski definition) is 5. The summed E-state index contributed by atoms with van der Waals surface area (Å²) in [5.41, 5.74) is 2.01. The molecule has 2 aromatic rings. The Kier molecular flexibility index (Phi) is 7.23. The predicted octanol–water partition coefficient (Wildman–Crippen LogP) is 3.83. The maximum absolute atomic E-state index is 10.9. The Labute approximate surface area is 163 Å². The van der Waals surface area contributed by atoms with E-state index in [1.807, 2.05) is 18.2 Å². The molecule has 0 radical (unpaired) electrons. The molecular weight excluding hydrogens is 377 g/mol. The first-order valence-corrected chi connectivity index (χ1v) is 8.48. The normalized spacial score (nSPS) is 17.4. The van der Waals surface area contributed by atoms with Gasteiger partial charge in [0.2, 0.25) is 0 Å². The molecule has 6 nitrogen and oxygen atoms in total. The van der Waals surface area contributed by atoms with Crippen LogP contribution in [0.15, 0.2) is 42.5 Å². The molecule has 0 bridgehead atoms. The summed E-state index contributed by atoms with van der Waals surface area (Å²) in [4.78, 5) is 12.8. The quantitative estimate of drug-likeness (QED) is 0.613. The summed E-state index contributed by atoms with van der Waals surface area (Å²) < 4.78 is 5.51. The van der Waals surface area contributed by atoms with Crippen LogP contribution < -0.4 is 10.1 Å². The van der Waals surface area contributed by atoms with E-state index in [-0.39, 0.29) is 24.1 Å². The summed E-state index contributed by atoms with van der Waals surface area (Å²) >= 11 is 6.27. The highest BCUT2D eigenvalue weighted by molar-refractivity contribution is 6.31. The number of ether oxygens (including phenoxy) is 1. The van der Waals surface area contributed by atoms with Gasteiger partial charge in [0, 0.05) is 43.9 Å². The van der Waals surface area contributed by atoms with Gasteiger partial charge in [-0.1, -0.05) is 29.8 Å². The predicted molar refractivity (Wildman–Crippen MR) is 104 cm³/mol. The first kappa shape index (κ1) is 20.5. The number of nitrogens with one attached hydrogen (secondary N) is 1. The number of hydrogen-bond donors (Lipinski definition) is 1. The maximum Gasteiger partial charge on any atom is 0.270 e. The van der Waals surface area contributed by atoms with E-state index in [4.69, 9.17) is 16.3 Å². The summed E-state index contributed by atoms with van der Waals surface area (Å²) in [6, 6.07) is 12.8. The average molecular weight is 398 g/mol. The first-order valence-electron chi connectivity index (χ1n) is 8.10. The van der Waals surface area contributed by atoms with Gasteiger partial charge in [-0.3, -0.25) is 15.0 Å². The van der Waals surface area contributed by atoms with Crippen molar-refractivity contribution in [1.29, 1.82) is 0 Å². The monoisotopic (exact) mass is 397 g/mol. The number of methoxy groups -OCH3 is 1. The fourth-order valence-electron chi connectivity index (χ4n) is 3.18. The van der Waals surface area contributed by atoms with Gasteiger partial charge in [-0.05, 0) is 17.7 Å². The van der Waals surface area contributed by atoms with Gasteiger partial charge in [0.15, 0.2) is 0 Å². The van der Waals surface area contributed by atoms with Crippen molar-refractivity contribution in [2.24, 2.45) is 0 Å². The highest BCUT2D eigenvalue weighted by Gasteiger charge is 2.26. The second-order valence-corrected chi connectivity index (χ2v) is 6.37. The van der Waals surface area contributed by atoms with Crippen LogP contribution in [0.1, 0.15) is 17.2 Å². The molecule has 1 atom stereocenters. The van der Waals surface area contributed by atoms with E-state index in [0.717, 1.165) is 36.5 Å². The third-order valence-electron chi connectivity index (χ3n) is 4.47. The molecule has 0 spiro atoms. The van der Waals surface area contributed by atoms with Crippen molar-refractivity contribution in [1.82, 2.24) is 10.2 Å². The second-order valence-electron chi connectivity index (χ2n) is 5.97. The van der Waals surface area contributed by atoms with Crippen molar-refractivity contribution in [3.8, 4) is 5.75 Å². The van der Waals surface area contributed by atoms with Crippen LogP contribution in [-0.2, 0) is 6.54 Å². The van der Waals surface area contributed by atoms with Crippen molar-refractivity contribution >= 4 is 29.7 Å². The lowest BCUT2D eigenvalue weighted by atomic mass is 10.0. The Morgan fingerprint density at radius 3 is 2.81 bits per heavy atom. The van der Waals surface area contributed by atoms with E-state index < -0.39 is 4.92 Å². The lowest BCUT2D eigenvalue weighted by molar-refractivity contribution is -0.384. The van der Waals surface area contributed by atoms with Crippen LogP contribution in [0.2, 0.25) is 5.02 Å². The number of nitro groups is 1. The fourth-order valence-corrected chi connectivity index (χ4v) is 3.42. The molecule has 1 aliphatic rings.